The highest BCUT2D eigenvalue weighted by atomic mass is 32.2. The first-order valence-electron chi connectivity index (χ1n) is 5.69. The van der Waals surface area contributed by atoms with Crippen molar-refractivity contribution in [2.75, 3.05) is 11.8 Å². The molecule has 108 valence electrons. The van der Waals surface area contributed by atoms with Crippen LogP contribution in [0.2, 0.25) is 0 Å². The maximum Gasteiger partial charge on any atom is 0.263 e. The Balaban J connectivity index is 2.35. The van der Waals surface area contributed by atoms with E-state index in [2.05, 4.69) is 9.71 Å². The van der Waals surface area contributed by atoms with Crippen molar-refractivity contribution < 1.29 is 17.5 Å². The lowest BCUT2D eigenvalue weighted by atomic mass is 10.3. The van der Waals surface area contributed by atoms with E-state index in [1.165, 1.54) is 25.3 Å². The van der Waals surface area contributed by atoms with E-state index in [1.807, 2.05) is 0 Å². The summed E-state index contributed by atoms with van der Waals surface area (Å²) in [5.74, 6) is -0.491. The molecule has 21 heavy (non-hydrogen) atoms. The summed E-state index contributed by atoms with van der Waals surface area (Å²) in [7, 11) is -2.61. The summed E-state index contributed by atoms with van der Waals surface area (Å²) in [4.78, 5) is 3.57. The molecule has 0 unspecified atom stereocenters. The van der Waals surface area contributed by atoms with Crippen molar-refractivity contribution in [3.8, 4) is 11.8 Å². The van der Waals surface area contributed by atoms with Crippen LogP contribution in [0.25, 0.3) is 0 Å². The Hall–Kier alpha value is -2.66. The van der Waals surface area contributed by atoms with Crippen LogP contribution in [0.15, 0.2) is 41.4 Å². The van der Waals surface area contributed by atoms with E-state index < -0.39 is 15.8 Å². The van der Waals surface area contributed by atoms with Gasteiger partial charge >= 0.3 is 0 Å². The Morgan fingerprint density at radius 1 is 1.33 bits per heavy atom. The number of halogens is 1. The molecule has 0 bridgehead atoms. The number of nitrogens with one attached hydrogen (secondary N) is 1. The quantitative estimate of drug-likeness (QED) is 0.931. The minimum Gasteiger partial charge on any atom is -0.494 e. The zero-order chi connectivity index (χ0) is 15.5. The Labute approximate surface area is 120 Å². The monoisotopic (exact) mass is 307 g/mol. The molecule has 0 saturated carbocycles. The molecule has 0 amide bonds. The van der Waals surface area contributed by atoms with Crippen LogP contribution in [0.1, 0.15) is 5.69 Å². The first kappa shape index (κ1) is 14.7. The summed E-state index contributed by atoms with van der Waals surface area (Å²) in [6.45, 7) is 0. The van der Waals surface area contributed by atoms with Gasteiger partial charge in [-0.05, 0) is 24.3 Å². The Morgan fingerprint density at radius 3 is 2.67 bits per heavy atom. The molecule has 8 heteroatoms. The first-order valence-corrected chi connectivity index (χ1v) is 7.17. The molecule has 1 heterocycles. The van der Waals surface area contributed by atoms with Gasteiger partial charge in [-0.2, -0.15) is 5.26 Å². The number of nitrogens with zero attached hydrogens (tertiary/aromatic N) is 2. The van der Waals surface area contributed by atoms with Crippen LogP contribution in [0.4, 0.5) is 10.1 Å². The lowest BCUT2D eigenvalue weighted by Gasteiger charge is -2.11. The molecule has 2 aromatic rings. The molecule has 0 saturated heterocycles. The summed E-state index contributed by atoms with van der Waals surface area (Å²) >= 11 is 0. The first-order chi connectivity index (χ1) is 9.96. The van der Waals surface area contributed by atoms with Gasteiger partial charge in [0.05, 0.1) is 12.8 Å². The van der Waals surface area contributed by atoms with Crippen molar-refractivity contribution in [3.05, 3.63) is 48.0 Å². The second-order valence-electron chi connectivity index (χ2n) is 3.94. The minimum atomic E-state index is -3.91. The largest absolute Gasteiger partial charge is 0.494 e. The predicted molar refractivity (Wildman–Crippen MR) is 72.7 cm³/mol. The van der Waals surface area contributed by atoms with Crippen molar-refractivity contribution in [1.82, 2.24) is 4.98 Å². The molecule has 0 aliphatic heterocycles. The van der Waals surface area contributed by atoms with Gasteiger partial charge in [0.25, 0.3) is 10.0 Å². The fraction of sp³-hybridized carbons (Fsp3) is 0.0769. The number of sulfonamides is 1. The second kappa shape index (κ2) is 5.76. The van der Waals surface area contributed by atoms with Gasteiger partial charge in [-0.25, -0.2) is 17.8 Å². The number of methoxy groups -OCH3 is 1. The Kier molecular flexibility index (Phi) is 4.05. The Bertz CT molecular complexity index is 798. The molecule has 0 aliphatic rings. The molecule has 2 rings (SSSR count). The summed E-state index contributed by atoms with van der Waals surface area (Å²) in [5.41, 5.74) is 0.205. The molecule has 1 aromatic carbocycles. The highest BCUT2D eigenvalue weighted by Gasteiger charge is 2.17. The number of anilines is 1. The third-order valence-corrected chi connectivity index (χ3v) is 3.92. The number of ether oxygens (including phenoxy) is 1. The fourth-order valence-electron chi connectivity index (χ4n) is 1.56. The van der Waals surface area contributed by atoms with Gasteiger partial charge in [-0.3, -0.25) is 4.72 Å². The highest BCUT2D eigenvalue weighted by Crippen LogP contribution is 2.27. The van der Waals surface area contributed by atoms with E-state index in [0.717, 1.165) is 18.3 Å². The van der Waals surface area contributed by atoms with Crippen molar-refractivity contribution in [3.63, 3.8) is 0 Å². The van der Waals surface area contributed by atoms with Crippen LogP contribution in [-0.2, 0) is 10.0 Å². The van der Waals surface area contributed by atoms with E-state index in [1.54, 1.807) is 6.07 Å². The average Bonchev–Trinajstić information content (AvgIpc) is 2.49. The van der Waals surface area contributed by atoms with Crippen molar-refractivity contribution in [2.24, 2.45) is 0 Å². The van der Waals surface area contributed by atoms with Gasteiger partial charge in [0, 0.05) is 12.3 Å². The Morgan fingerprint density at radius 2 is 2.10 bits per heavy atom. The van der Waals surface area contributed by atoms with Crippen LogP contribution in [0, 0.1) is 17.1 Å². The number of hydrogen-bond donors (Lipinski definition) is 1. The molecule has 6 nitrogen and oxygen atoms in total. The minimum absolute atomic E-state index is 0.0557. The molecule has 0 atom stereocenters. The molecular formula is C13H10FN3O3S. The molecule has 0 fully saturated rings. The molecule has 0 spiro atoms. The number of pyridine rings is 1. The lowest BCUT2D eigenvalue weighted by molar-refractivity contribution is 0.413. The van der Waals surface area contributed by atoms with Crippen molar-refractivity contribution in [2.45, 2.75) is 4.90 Å². The van der Waals surface area contributed by atoms with Gasteiger partial charge < -0.3 is 4.74 Å². The number of nitriles is 1. The van der Waals surface area contributed by atoms with E-state index in [-0.39, 0.29) is 22.0 Å². The van der Waals surface area contributed by atoms with Crippen LogP contribution in [-0.4, -0.2) is 20.5 Å². The van der Waals surface area contributed by atoms with Crippen LogP contribution in [0.3, 0.4) is 0 Å². The average molecular weight is 307 g/mol. The lowest BCUT2D eigenvalue weighted by Crippen LogP contribution is -2.14. The van der Waals surface area contributed by atoms with Crippen molar-refractivity contribution >= 4 is 15.7 Å². The van der Waals surface area contributed by atoms with Gasteiger partial charge in [0.1, 0.15) is 28.2 Å². The summed E-state index contributed by atoms with van der Waals surface area (Å²) in [6, 6.07) is 7.76. The van der Waals surface area contributed by atoms with Crippen molar-refractivity contribution in [1.29, 1.82) is 5.26 Å². The number of hydrogen-bond acceptors (Lipinski definition) is 5. The molecule has 0 radical (unpaired) electrons. The number of benzene rings is 1. The fourth-order valence-corrected chi connectivity index (χ4v) is 2.57. The maximum absolute atomic E-state index is 13.1. The topological polar surface area (TPSA) is 92.1 Å². The third-order valence-electron chi connectivity index (χ3n) is 2.57. The normalized spacial score (nSPS) is 10.7. The summed E-state index contributed by atoms with van der Waals surface area (Å²) in [6.07, 6.45) is 1.07. The standard InChI is InChI=1S/C13H10FN3O3S/c1-20-13-6-9(14)2-5-12(13)17-21(18,19)11-4-3-10(7-15)16-8-11/h2-6,8,17H,1H3. The van der Waals surface area contributed by atoms with Crippen LogP contribution >= 0.6 is 0 Å². The van der Waals surface area contributed by atoms with Crippen LogP contribution < -0.4 is 9.46 Å². The van der Waals surface area contributed by atoms with Gasteiger partial charge in [-0.15, -0.1) is 0 Å². The summed E-state index contributed by atoms with van der Waals surface area (Å²) < 4.78 is 44.6. The smallest absolute Gasteiger partial charge is 0.263 e. The number of aromatic nitrogens is 1. The molecule has 0 aliphatic carbocycles. The van der Waals surface area contributed by atoms with Gasteiger partial charge in [0.2, 0.25) is 0 Å². The van der Waals surface area contributed by atoms with E-state index in [0.29, 0.717) is 0 Å². The molecule has 1 N–H and O–H groups in total. The number of rotatable bonds is 4. The van der Waals surface area contributed by atoms with E-state index in [9.17, 15) is 12.8 Å². The predicted octanol–water partition coefficient (Wildman–Crippen LogP) is 1.90. The van der Waals surface area contributed by atoms with Crippen LogP contribution in [0.5, 0.6) is 5.75 Å². The zero-order valence-corrected chi connectivity index (χ0v) is 11.7. The van der Waals surface area contributed by atoms with E-state index >= 15 is 0 Å². The SMILES string of the molecule is COc1cc(F)ccc1NS(=O)(=O)c1ccc(C#N)nc1. The summed E-state index contributed by atoms with van der Waals surface area (Å²) in [5, 5.41) is 8.63. The third kappa shape index (κ3) is 3.27. The van der Waals surface area contributed by atoms with Gasteiger partial charge in [0.15, 0.2) is 0 Å². The highest BCUT2D eigenvalue weighted by molar-refractivity contribution is 7.92. The maximum atomic E-state index is 13.1. The second-order valence-corrected chi connectivity index (χ2v) is 5.62. The molecular weight excluding hydrogens is 297 g/mol. The zero-order valence-electron chi connectivity index (χ0n) is 10.9. The van der Waals surface area contributed by atoms with E-state index in [4.69, 9.17) is 10.00 Å². The molecule has 1 aromatic heterocycles. The van der Waals surface area contributed by atoms with Gasteiger partial charge in [-0.1, -0.05) is 0 Å².